The third-order valence-corrected chi connectivity index (χ3v) is 4.62. The monoisotopic (exact) mass is 373 g/mol. The van der Waals surface area contributed by atoms with Crippen LogP contribution in [0, 0.1) is 0 Å². The Hall–Kier alpha value is -0.950. The fraction of sp³-hybridized carbons (Fsp3) is 0.889. The molecule has 1 rings (SSSR count). The molecule has 6 nitrogen and oxygen atoms in total. The highest BCUT2D eigenvalue weighted by Crippen LogP contribution is 2.15. The molecule has 3 amide bonds. The lowest BCUT2D eigenvalue weighted by atomic mass is 10.00. The van der Waals surface area contributed by atoms with E-state index in [2.05, 4.69) is 28.6 Å². The summed E-state index contributed by atoms with van der Waals surface area (Å²) >= 11 is 4.33. The van der Waals surface area contributed by atoms with Gasteiger partial charge in [0, 0.05) is 18.6 Å². The lowest BCUT2D eigenvalue weighted by Gasteiger charge is -2.28. The topological polar surface area (TPSA) is 79.5 Å². The summed E-state index contributed by atoms with van der Waals surface area (Å²) < 4.78 is 5.73. The van der Waals surface area contributed by atoms with Crippen LogP contribution < -0.4 is 16.0 Å². The number of unbranched alkanes of at least 4 members (excludes halogenated alkanes) is 2. The van der Waals surface area contributed by atoms with E-state index in [1.807, 2.05) is 34.6 Å². The van der Waals surface area contributed by atoms with Gasteiger partial charge in [-0.05, 0) is 53.9 Å². The Balaban J connectivity index is 2.12. The first-order valence-corrected chi connectivity index (χ1v) is 9.70. The van der Waals surface area contributed by atoms with Gasteiger partial charge in [-0.1, -0.05) is 12.8 Å². The fourth-order valence-electron chi connectivity index (χ4n) is 2.70. The minimum Gasteiger partial charge on any atom is -0.376 e. The maximum absolute atomic E-state index is 12.1. The van der Waals surface area contributed by atoms with Gasteiger partial charge in [0.1, 0.15) is 0 Å². The van der Waals surface area contributed by atoms with Crippen molar-refractivity contribution in [2.24, 2.45) is 0 Å². The summed E-state index contributed by atoms with van der Waals surface area (Å²) in [6.45, 7) is 10.8. The van der Waals surface area contributed by atoms with Gasteiger partial charge in [0.25, 0.3) is 0 Å². The predicted octanol–water partition coefficient (Wildman–Crippen LogP) is 2.97. The van der Waals surface area contributed by atoms with Gasteiger partial charge in [-0.25, -0.2) is 4.79 Å². The lowest BCUT2D eigenvalue weighted by Crippen LogP contribution is -2.44. The van der Waals surface area contributed by atoms with Crippen LogP contribution in [0.5, 0.6) is 0 Å². The molecule has 1 fully saturated rings. The number of nitrogens with one attached hydrogen (secondary N) is 3. The number of rotatable bonds is 10. The van der Waals surface area contributed by atoms with Crippen molar-refractivity contribution in [2.75, 3.05) is 6.61 Å². The Labute approximate surface area is 157 Å². The smallest absolute Gasteiger partial charge is 0.316 e. The lowest BCUT2D eigenvalue weighted by molar-refractivity contribution is -0.123. The summed E-state index contributed by atoms with van der Waals surface area (Å²) in [6.07, 6.45) is 4.99. The molecule has 3 N–H and O–H groups in total. The molecule has 0 aromatic carbocycles. The molecule has 0 unspecified atom stereocenters. The molecule has 2 atom stereocenters. The average Bonchev–Trinajstić information content (AvgIpc) is 2.74. The third-order valence-electron chi connectivity index (χ3n) is 4.14. The van der Waals surface area contributed by atoms with Crippen LogP contribution in [0.25, 0.3) is 0 Å². The van der Waals surface area contributed by atoms with Gasteiger partial charge in [0.15, 0.2) is 0 Å². The second-order valence-electron chi connectivity index (χ2n) is 8.41. The number of ether oxygens (including phenoxy) is 1. The van der Waals surface area contributed by atoms with E-state index in [0.29, 0.717) is 13.0 Å². The molecule has 146 valence electrons. The van der Waals surface area contributed by atoms with Crippen LogP contribution in [-0.4, -0.2) is 41.1 Å². The summed E-state index contributed by atoms with van der Waals surface area (Å²) in [4.78, 5) is 23.3. The van der Waals surface area contributed by atoms with Crippen molar-refractivity contribution in [2.45, 2.75) is 95.7 Å². The summed E-state index contributed by atoms with van der Waals surface area (Å²) in [6, 6.07) is -0.0755. The van der Waals surface area contributed by atoms with Crippen molar-refractivity contribution in [3.63, 3.8) is 0 Å². The molecule has 25 heavy (non-hydrogen) atoms. The second-order valence-corrected chi connectivity index (χ2v) is 8.97. The van der Waals surface area contributed by atoms with Crippen molar-refractivity contribution < 1.29 is 14.3 Å². The molecule has 0 aliphatic carbocycles. The number of thiol groups is 1. The van der Waals surface area contributed by atoms with Crippen molar-refractivity contribution in [3.05, 3.63) is 0 Å². The number of urea groups is 1. The first-order chi connectivity index (χ1) is 11.5. The average molecular weight is 374 g/mol. The molecule has 7 heteroatoms. The highest BCUT2D eigenvalue weighted by Gasteiger charge is 2.27. The van der Waals surface area contributed by atoms with Crippen LogP contribution in [0.3, 0.4) is 0 Å². The maximum atomic E-state index is 12.1. The van der Waals surface area contributed by atoms with Crippen LogP contribution in [0.1, 0.15) is 73.1 Å². The van der Waals surface area contributed by atoms with Crippen LogP contribution >= 0.6 is 12.6 Å². The molecule has 0 aromatic rings. The van der Waals surface area contributed by atoms with E-state index in [4.69, 9.17) is 4.74 Å². The van der Waals surface area contributed by atoms with Gasteiger partial charge in [-0.3, -0.25) is 4.79 Å². The van der Waals surface area contributed by atoms with Gasteiger partial charge >= 0.3 is 6.03 Å². The minimum atomic E-state index is -0.263. The molecule has 1 heterocycles. The largest absolute Gasteiger partial charge is 0.376 e. The Morgan fingerprint density at radius 2 is 1.84 bits per heavy atom. The number of hydrogen-bond acceptors (Lipinski definition) is 4. The van der Waals surface area contributed by atoms with Crippen molar-refractivity contribution in [1.82, 2.24) is 16.0 Å². The Bertz CT molecular complexity index is 449. The van der Waals surface area contributed by atoms with Crippen LogP contribution in [-0.2, 0) is 9.53 Å². The molecule has 0 saturated carbocycles. The van der Waals surface area contributed by atoms with Gasteiger partial charge in [-0.2, -0.15) is 12.6 Å². The molecular formula is C18H35N3O3S. The van der Waals surface area contributed by atoms with E-state index in [1.54, 1.807) is 0 Å². The molecule has 1 aliphatic heterocycles. The molecule has 0 aromatic heterocycles. The highest BCUT2D eigenvalue weighted by molar-refractivity contribution is 7.81. The van der Waals surface area contributed by atoms with Crippen molar-refractivity contribution >= 4 is 24.6 Å². The molecule has 0 spiro atoms. The zero-order valence-electron chi connectivity index (χ0n) is 16.3. The van der Waals surface area contributed by atoms with E-state index in [1.165, 1.54) is 0 Å². The van der Waals surface area contributed by atoms with Gasteiger partial charge < -0.3 is 20.7 Å². The Kier molecular flexibility index (Phi) is 8.54. The zero-order valence-corrected chi connectivity index (χ0v) is 17.2. The van der Waals surface area contributed by atoms with E-state index >= 15 is 0 Å². The highest BCUT2D eigenvalue weighted by atomic mass is 32.1. The Morgan fingerprint density at radius 1 is 1.16 bits per heavy atom. The van der Waals surface area contributed by atoms with Crippen LogP contribution in [0.4, 0.5) is 4.79 Å². The number of carbonyl (C=O) groups is 2. The first kappa shape index (κ1) is 22.1. The van der Waals surface area contributed by atoms with E-state index in [-0.39, 0.29) is 34.5 Å². The quantitative estimate of drug-likeness (QED) is 0.351. The van der Waals surface area contributed by atoms with Gasteiger partial charge in [0.05, 0.1) is 17.0 Å². The van der Waals surface area contributed by atoms with Gasteiger partial charge in [-0.15, -0.1) is 0 Å². The van der Waals surface area contributed by atoms with Gasteiger partial charge in [0.2, 0.25) is 5.91 Å². The number of amides is 3. The summed E-state index contributed by atoms with van der Waals surface area (Å²) in [5.74, 6) is 0.0867. The van der Waals surface area contributed by atoms with Crippen molar-refractivity contribution in [3.8, 4) is 0 Å². The predicted molar refractivity (Wildman–Crippen MR) is 104 cm³/mol. The Morgan fingerprint density at radius 3 is 2.40 bits per heavy atom. The van der Waals surface area contributed by atoms with Crippen LogP contribution in [0.2, 0.25) is 0 Å². The molecular weight excluding hydrogens is 338 g/mol. The normalized spacial score (nSPS) is 21.0. The molecule has 0 bridgehead atoms. The van der Waals surface area contributed by atoms with E-state index in [0.717, 1.165) is 32.1 Å². The molecule has 0 radical (unpaired) electrons. The second kappa shape index (κ2) is 9.67. The van der Waals surface area contributed by atoms with Crippen LogP contribution in [0.15, 0.2) is 0 Å². The van der Waals surface area contributed by atoms with Crippen molar-refractivity contribution in [1.29, 1.82) is 0 Å². The number of carbonyl (C=O) groups excluding carboxylic acids is 2. The molecule has 1 aliphatic rings. The first-order valence-electron chi connectivity index (χ1n) is 9.19. The van der Waals surface area contributed by atoms with E-state index in [9.17, 15) is 9.59 Å². The number of hydrogen-bond donors (Lipinski definition) is 4. The summed E-state index contributed by atoms with van der Waals surface area (Å²) in [5, 5.41) is 8.53. The third kappa shape index (κ3) is 9.94. The summed E-state index contributed by atoms with van der Waals surface area (Å²) in [5.41, 5.74) is -0.415. The summed E-state index contributed by atoms with van der Waals surface area (Å²) in [7, 11) is 0. The maximum Gasteiger partial charge on any atom is 0.316 e. The van der Waals surface area contributed by atoms with E-state index < -0.39 is 0 Å². The SMILES string of the molecule is CC(C)(CCOC(C)(C)C)NC(=O)CCCCC[C@H]1NC(=O)N[C@H]1S. The molecule has 1 saturated heterocycles. The zero-order chi connectivity index (χ0) is 19.1. The minimum absolute atomic E-state index is 0.0754. The standard InChI is InChI=1S/C18H35N3O3S/c1-17(2,3)24-12-11-18(4,5)21-14(22)10-8-6-7-9-13-15(25)20-16(23)19-13/h13,15,25H,6-12H2,1-5H3,(H,21,22)(H2,19,20,23)/t13-,15+/m1/s1. The fourth-order valence-corrected chi connectivity index (χ4v) is 3.04.